The minimum atomic E-state index is -3.78. The molecule has 82 valence electrons. The van der Waals surface area contributed by atoms with Gasteiger partial charge >= 0.3 is 0 Å². The number of hydrogen-bond donors (Lipinski definition) is 1. The standard InChI is InChI=1S/C9H11NO4S/c1-9(2)13-6-4-3-5-7(8(6)14-9)15(10,11)12/h3-5H,1-2H3,(H2,10,11,12). The van der Waals surface area contributed by atoms with Gasteiger partial charge in [0.1, 0.15) is 4.90 Å². The molecule has 1 aliphatic rings. The van der Waals surface area contributed by atoms with Gasteiger partial charge in [-0.2, -0.15) is 0 Å². The first-order chi connectivity index (χ1) is 6.80. The fourth-order valence-corrected chi connectivity index (χ4v) is 2.10. The molecule has 0 unspecified atom stereocenters. The number of benzene rings is 1. The maximum atomic E-state index is 11.2. The second-order valence-electron chi connectivity index (χ2n) is 3.73. The van der Waals surface area contributed by atoms with Crippen LogP contribution in [0, 0.1) is 0 Å². The molecule has 0 bridgehead atoms. The zero-order valence-corrected chi connectivity index (χ0v) is 9.17. The van der Waals surface area contributed by atoms with Gasteiger partial charge in [0.05, 0.1) is 0 Å². The number of para-hydroxylation sites is 1. The maximum absolute atomic E-state index is 11.2. The van der Waals surface area contributed by atoms with Crippen molar-refractivity contribution in [2.45, 2.75) is 24.5 Å². The van der Waals surface area contributed by atoms with Gasteiger partial charge in [0.25, 0.3) is 0 Å². The van der Waals surface area contributed by atoms with Crippen LogP contribution in [0.2, 0.25) is 0 Å². The summed E-state index contributed by atoms with van der Waals surface area (Å²) in [6, 6.07) is 4.58. The molecule has 0 fully saturated rings. The quantitative estimate of drug-likeness (QED) is 0.774. The van der Waals surface area contributed by atoms with E-state index < -0.39 is 15.8 Å². The summed E-state index contributed by atoms with van der Waals surface area (Å²) in [4.78, 5) is -0.0504. The van der Waals surface area contributed by atoms with Crippen LogP contribution in [0.3, 0.4) is 0 Å². The molecule has 1 heterocycles. The Kier molecular flexibility index (Phi) is 1.96. The lowest BCUT2D eigenvalue weighted by Gasteiger charge is -2.16. The van der Waals surface area contributed by atoms with Gasteiger partial charge in [-0.05, 0) is 12.1 Å². The van der Waals surface area contributed by atoms with E-state index in [0.29, 0.717) is 5.75 Å². The van der Waals surface area contributed by atoms with Crippen LogP contribution >= 0.6 is 0 Å². The highest BCUT2D eigenvalue weighted by atomic mass is 32.2. The van der Waals surface area contributed by atoms with Crippen LogP contribution in [-0.4, -0.2) is 14.2 Å². The molecule has 2 N–H and O–H groups in total. The summed E-state index contributed by atoms with van der Waals surface area (Å²) in [5.41, 5.74) is 0. The number of rotatable bonds is 1. The van der Waals surface area contributed by atoms with Gasteiger partial charge in [-0.3, -0.25) is 0 Å². The molecule has 0 aromatic heterocycles. The number of ether oxygens (including phenoxy) is 2. The first kappa shape index (κ1) is 10.3. The molecule has 0 saturated heterocycles. The first-order valence-corrected chi connectivity index (χ1v) is 5.88. The van der Waals surface area contributed by atoms with Gasteiger partial charge in [-0.25, -0.2) is 13.6 Å². The van der Waals surface area contributed by atoms with E-state index in [0.717, 1.165) is 0 Å². The Morgan fingerprint density at radius 3 is 2.53 bits per heavy atom. The third-order valence-corrected chi connectivity index (χ3v) is 2.89. The molecule has 1 aromatic carbocycles. The Balaban J connectivity index is 2.61. The van der Waals surface area contributed by atoms with Crippen LogP contribution in [0.5, 0.6) is 11.5 Å². The molecule has 1 aromatic rings. The van der Waals surface area contributed by atoms with Crippen molar-refractivity contribution in [2.75, 3.05) is 0 Å². The monoisotopic (exact) mass is 229 g/mol. The van der Waals surface area contributed by atoms with Crippen molar-refractivity contribution in [3.63, 3.8) is 0 Å². The van der Waals surface area contributed by atoms with Gasteiger partial charge in [0.2, 0.25) is 15.8 Å². The van der Waals surface area contributed by atoms with Crippen molar-refractivity contribution in [2.24, 2.45) is 5.14 Å². The van der Waals surface area contributed by atoms with Gasteiger partial charge in [0.15, 0.2) is 11.5 Å². The van der Waals surface area contributed by atoms with E-state index in [2.05, 4.69) is 0 Å². The molecular formula is C9H11NO4S. The lowest BCUT2D eigenvalue weighted by atomic mass is 10.3. The van der Waals surface area contributed by atoms with E-state index >= 15 is 0 Å². The molecule has 0 saturated carbocycles. The lowest BCUT2D eigenvalue weighted by Crippen LogP contribution is -2.30. The highest BCUT2D eigenvalue weighted by Gasteiger charge is 2.35. The summed E-state index contributed by atoms with van der Waals surface area (Å²) in [6.07, 6.45) is 0. The van der Waals surface area contributed by atoms with Gasteiger partial charge < -0.3 is 9.47 Å². The van der Waals surface area contributed by atoms with Gasteiger partial charge in [-0.15, -0.1) is 0 Å². The Labute approximate surface area is 87.8 Å². The third kappa shape index (κ3) is 1.78. The molecule has 1 aliphatic heterocycles. The fourth-order valence-electron chi connectivity index (χ4n) is 1.43. The molecular weight excluding hydrogens is 218 g/mol. The average molecular weight is 229 g/mol. The normalized spacial score (nSPS) is 17.8. The zero-order chi connectivity index (χ0) is 11.3. The van der Waals surface area contributed by atoms with Crippen molar-refractivity contribution in [1.82, 2.24) is 0 Å². The topological polar surface area (TPSA) is 78.6 Å². The second-order valence-corrected chi connectivity index (χ2v) is 5.26. The summed E-state index contributed by atoms with van der Waals surface area (Å²) >= 11 is 0. The molecule has 0 radical (unpaired) electrons. The van der Waals surface area contributed by atoms with Crippen LogP contribution in [0.25, 0.3) is 0 Å². The number of hydrogen-bond acceptors (Lipinski definition) is 4. The van der Waals surface area contributed by atoms with Gasteiger partial charge in [0, 0.05) is 13.8 Å². The van der Waals surface area contributed by atoms with E-state index in [4.69, 9.17) is 14.6 Å². The molecule has 0 atom stereocenters. The van der Waals surface area contributed by atoms with E-state index in [1.165, 1.54) is 6.07 Å². The fraction of sp³-hybridized carbons (Fsp3) is 0.333. The molecule has 0 amide bonds. The summed E-state index contributed by atoms with van der Waals surface area (Å²) in [5, 5.41) is 5.06. The second kappa shape index (κ2) is 2.86. The number of fused-ring (bicyclic) bond motifs is 1. The minimum Gasteiger partial charge on any atom is -0.449 e. The van der Waals surface area contributed by atoms with Crippen LogP contribution in [0.4, 0.5) is 0 Å². The molecule has 0 aliphatic carbocycles. The SMILES string of the molecule is CC1(C)Oc2cccc(S(N)(=O)=O)c2O1. The highest BCUT2D eigenvalue weighted by molar-refractivity contribution is 7.89. The summed E-state index contributed by atoms with van der Waals surface area (Å²) < 4.78 is 33.3. The smallest absolute Gasteiger partial charge is 0.246 e. The third-order valence-electron chi connectivity index (χ3n) is 1.95. The van der Waals surface area contributed by atoms with E-state index in [9.17, 15) is 8.42 Å². The predicted octanol–water partition coefficient (Wildman–Crippen LogP) is 0.841. The van der Waals surface area contributed by atoms with Crippen molar-refractivity contribution in [1.29, 1.82) is 0 Å². The Bertz CT molecular complexity index is 507. The van der Waals surface area contributed by atoms with Crippen LogP contribution in [0.15, 0.2) is 23.1 Å². The van der Waals surface area contributed by atoms with Crippen molar-refractivity contribution in [3.8, 4) is 11.5 Å². The van der Waals surface area contributed by atoms with E-state index in [1.807, 2.05) is 0 Å². The van der Waals surface area contributed by atoms with E-state index in [-0.39, 0.29) is 10.6 Å². The van der Waals surface area contributed by atoms with E-state index in [1.54, 1.807) is 26.0 Å². The van der Waals surface area contributed by atoms with Crippen LogP contribution in [-0.2, 0) is 10.0 Å². The number of sulfonamides is 1. The van der Waals surface area contributed by atoms with Crippen LogP contribution in [0.1, 0.15) is 13.8 Å². The summed E-state index contributed by atoms with van der Waals surface area (Å²) in [5.74, 6) is -0.278. The van der Waals surface area contributed by atoms with Crippen molar-refractivity contribution >= 4 is 10.0 Å². The van der Waals surface area contributed by atoms with Crippen LogP contribution < -0.4 is 14.6 Å². The predicted molar refractivity (Wildman–Crippen MR) is 53.2 cm³/mol. The number of primary sulfonamides is 1. The lowest BCUT2D eigenvalue weighted by molar-refractivity contribution is -0.0442. The average Bonchev–Trinajstić information content (AvgIpc) is 2.35. The van der Waals surface area contributed by atoms with Gasteiger partial charge in [-0.1, -0.05) is 6.07 Å². The molecule has 5 nitrogen and oxygen atoms in total. The zero-order valence-electron chi connectivity index (χ0n) is 8.35. The molecule has 2 rings (SSSR count). The Hall–Kier alpha value is -1.27. The first-order valence-electron chi connectivity index (χ1n) is 4.33. The maximum Gasteiger partial charge on any atom is 0.246 e. The minimum absolute atomic E-state index is 0.0504. The van der Waals surface area contributed by atoms with Crippen molar-refractivity contribution < 1.29 is 17.9 Å². The summed E-state index contributed by atoms with van der Waals surface area (Å²) in [6.45, 7) is 3.39. The Morgan fingerprint density at radius 1 is 1.27 bits per heavy atom. The number of nitrogens with two attached hydrogens (primary N) is 1. The molecule has 15 heavy (non-hydrogen) atoms. The molecule has 6 heteroatoms. The highest BCUT2D eigenvalue weighted by Crippen LogP contribution is 2.42. The molecule has 0 spiro atoms. The summed E-state index contributed by atoms with van der Waals surface area (Å²) in [7, 11) is -3.78. The largest absolute Gasteiger partial charge is 0.449 e. The van der Waals surface area contributed by atoms with Crippen molar-refractivity contribution in [3.05, 3.63) is 18.2 Å². The Morgan fingerprint density at radius 2 is 1.93 bits per heavy atom.